The fraction of sp³-hybridized carbons (Fsp3) is 0.400. The first-order valence-electron chi connectivity index (χ1n) is 18.6. The molecule has 2 unspecified atom stereocenters. The number of nitrogen functional groups attached to an aromatic ring is 1. The average molecular weight is 801 g/mol. The molecule has 0 bridgehead atoms. The second kappa shape index (κ2) is 17.6. The summed E-state index contributed by atoms with van der Waals surface area (Å²) in [6, 6.07) is 23.9. The smallest absolute Gasteiger partial charge is 0.315 e. The number of aromatic nitrogens is 4. The Hall–Kier alpha value is -5.11. The first-order chi connectivity index (χ1) is 27.4. The number of aliphatic hydroxyl groups excluding tert-OH is 2. The molecule has 1 aliphatic heterocycles. The first kappa shape index (κ1) is 41.5. The summed E-state index contributed by atoms with van der Waals surface area (Å²) in [4.78, 5) is 23.9. The third kappa shape index (κ3) is 7.80. The van der Waals surface area contributed by atoms with Crippen molar-refractivity contribution in [3.05, 3.63) is 112 Å². The summed E-state index contributed by atoms with van der Waals surface area (Å²) in [5, 5.41) is 38.3. The summed E-state index contributed by atoms with van der Waals surface area (Å²) in [5.41, 5.74) is 6.01. The van der Waals surface area contributed by atoms with Crippen LogP contribution in [0.25, 0.3) is 11.2 Å². The third-order valence-corrected chi connectivity index (χ3v) is 11.5. The van der Waals surface area contributed by atoms with Gasteiger partial charge in [0.15, 0.2) is 17.4 Å². The first-order valence-corrected chi connectivity index (χ1v) is 19.7. The number of hydrogen-bond acceptors (Lipinski definition) is 14. The van der Waals surface area contributed by atoms with Gasteiger partial charge in [0, 0.05) is 12.1 Å². The van der Waals surface area contributed by atoms with Crippen LogP contribution in [-0.2, 0) is 19.2 Å². The van der Waals surface area contributed by atoms with E-state index >= 15 is 0 Å². The van der Waals surface area contributed by atoms with Crippen LogP contribution in [0, 0.1) is 11.5 Å². The van der Waals surface area contributed by atoms with Crippen molar-refractivity contribution in [2.75, 3.05) is 26.6 Å². The van der Waals surface area contributed by atoms with Crippen molar-refractivity contribution in [1.29, 1.82) is 5.26 Å². The SMILES string of the molecule is CCOP(O[C@H]1[C@@H](O)[C@H](n2cnc3c(=O)[nH]c(N)nc32)O[C@@H]1C(O)C(c1ccccc1)(c1ccc(OC)cc1)c1ccc(OC)cc1)N(C#N)N(C(C)C)C(C)C. The monoisotopic (exact) mass is 800 g/mol. The van der Waals surface area contributed by atoms with E-state index in [0.717, 1.165) is 0 Å². The number of anilines is 1. The van der Waals surface area contributed by atoms with Gasteiger partial charge >= 0.3 is 8.53 Å². The molecule has 5 N–H and O–H groups in total. The van der Waals surface area contributed by atoms with E-state index < -0.39 is 50.1 Å². The number of H-pyrrole nitrogens is 1. The van der Waals surface area contributed by atoms with E-state index in [9.17, 15) is 20.3 Å². The predicted octanol–water partition coefficient (Wildman–Crippen LogP) is 4.84. The summed E-state index contributed by atoms with van der Waals surface area (Å²) in [6.07, 6.45) is -3.52. The van der Waals surface area contributed by atoms with Gasteiger partial charge in [-0.15, -0.1) is 0 Å². The van der Waals surface area contributed by atoms with Crippen LogP contribution in [-0.4, -0.2) is 96.8 Å². The lowest BCUT2D eigenvalue weighted by atomic mass is 9.64. The second-order valence-electron chi connectivity index (χ2n) is 14.0. The summed E-state index contributed by atoms with van der Waals surface area (Å²) in [7, 11) is 0.896. The Kier molecular flexibility index (Phi) is 12.8. The zero-order valence-electron chi connectivity index (χ0n) is 32.9. The molecule has 6 atom stereocenters. The molecule has 302 valence electrons. The molecule has 2 aromatic heterocycles. The van der Waals surface area contributed by atoms with E-state index in [0.29, 0.717) is 28.2 Å². The van der Waals surface area contributed by atoms with Crippen molar-refractivity contribution in [2.45, 2.75) is 82.8 Å². The number of imidazole rings is 1. The number of fused-ring (bicyclic) bond motifs is 1. The molecular formula is C40H49N8O8P. The fourth-order valence-electron chi connectivity index (χ4n) is 7.63. The van der Waals surface area contributed by atoms with Gasteiger partial charge in [-0.3, -0.25) is 14.3 Å². The number of nitrogens with one attached hydrogen (secondary N) is 1. The molecule has 3 aromatic carbocycles. The van der Waals surface area contributed by atoms with E-state index in [1.165, 1.54) is 15.7 Å². The van der Waals surface area contributed by atoms with E-state index in [-0.39, 0.29) is 35.8 Å². The molecule has 0 aliphatic carbocycles. The van der Waals surface area contributed by atoms with Crippen molar-refractivity contribution in [3.8, 4) is 17.7 Å². The molecule has 1 saturated heterocycles. The minimum Gasteiger partial charge on any atom is -0.497 e. The fourth-order valence-corrected chi connectivity index (χ4v) is 9.22. The quantitative estimate of drug-likeness (QED) is 0.0347. The van der Waals surface area contributed by atoms with E-state index in [4.69, 9.17) is 29.0 Å². The van der Waals surface area contributed by atoms with Crippen molar-refractivity contribution >= 4 is 25.6 Å². The number of benzene rings is 3. The van der Waals surface area contributed by atoms with Gasteiger partial charge in [0.25, 0.3) is 5.56 Å². The van der Waals surface area contributed by atoms with Crippen molar-refractivity contribution in [1.82, 2.24) is 29.3 Å². The van der Waals surface area contributed by atoms with E-state index in [1.807, 2.05) is 87.3 Å². The number of ether oxygens (including phenoxy) is 3. The molecule has 57 heavy (non-hydrogen) atoms. The summed E-state index contributed by atoms with van der Waals surface area (Å²) >= 11 is 0. The van der Waals surface area contributed by atoms with Crippen LogP contribution in [0.5, 0.6) is 11.5 Å². The minimum atomic E-state index is -2.25. The summed E-state index contributed by atoms with van der Waals surface area (Å²) < 4.78 is 33.5. The third-order valence-electron chi connectivity index (χ3n) is 10.0. The normalized spacial score (nSPS) is 19.6. The number of aromatic amines is 1. The van der Waals surface area contributed by atoms with Gasteiger partial charge < -0.3 is 39.2 Å². The molecule has 0 spiro atoms. The van der Waals surface area contributed by atoms with Crippen LogP contribution >= 0.6 is 8.53 Å². The maximum absolute atomic E-state index is 13.4. The second-order valence-corrected chi connectivity index (χ2v) is 15.3. The Morgan fingerprint density at radius 1 is 0.982 bits per heavy atom. The molecule has 1 fully saturated rings. The van der Waals surface area contributed by atoms with E-state index in [1.54, 1.807) is 45.4 Å². The number of nitriles is 1. The van der Waals surface area contributed by atoms with Crippen LogP contribution in [0.1, 0.15) is 57.5 Å². The molecule has 1 aliphatic rings. The number of nitrogens with zero attached hydrogens (tertiary/aromatic N) is 6. The van der Waals surface area contributed by atoms with Crippen LogP contribution in [0.4, 0.5) is 5.95 Å². The molecule has 0 saturated carbocycles. The Labute approximate surface area is 332 Å². The van der Waals surface area contributed by atoms with Gasteiger partial charge in [-0.05, 0) is 75.6 Å². The molecule has 5 aromatic rings. The van der Waals surface area contributed by atoms with Gasteiger partial charge in [0.05, 0.1) is 32.6 Å². The molecule has 6 rings (SSSR count). The molecular weight excluding hydrogens is 751 g/mol. The number of nitrogens with two attached hydrogens (primary N) is 1. The lowest BCUT2D eigenvalue weighted by Gasteiger charge is -2.44. The summed E-state index contributed by atoms with van der Waals surface area (Å²) in [5.74, 6) is 1.04. The highest BCUT2D eigenvalue weighted by Crippen LogP contribution is 2.53. The molecule has 3 heterocycles. The minimum absolute atomic E-state index is 0.0340. The number of hydrazine groups is 1. The lowest BCUT2D eigenvalue weighted by molar-refractivity contribution is -0.0964. The number of methoxy groups -OCH3 is 2. The standard InChI is InChI=1S/C40H49N8O8P/c1-8-54-57(47(22-41)48(24(2)3)25(4)5)56-33-32(49)38(46-23-43-31-36(46)44-39(42)45-37(31)51)55-34(33)35(50)40(26-12-10-9-11-13-26,27-14-18-29(52-6)19-15-27)28-16-20-30(53-7)21-17-28/h9-21,23-25,32-35,38,49-50H,8H2,1-7H3,(H3,42,44,45,51)/t32-,33+,34+,35?,38-,57?/m1/s1. The highest BCUT2D eigenvalue weighted by atomic mass is 31.2. The van der Waals surface area contributed by atoms with Crippen molar-refractivity contribution in [2.24, 2.45) is 0 Å². The number of hydrogen-bond donors (Lipinski definition) is 4. The van der Waals surface area contributed by atoms with Gasteiger partial charge in [-0.2, -0.15) is 20.0 Å². The Morgan fingerprint density at radius 3 is 2.05 bits per heavy atom. The van der Waals surface area contributed by atoms with Gasteiger partial charge in [0.1, 0.15) is 35.9 Å². The van der Waals surface area contributed by atoms with Gasteiger partial charge in [0.2, 0.25) is 12.1 Å². The summed E-state index contributed by atoms with van der Waals surface area (Å²) in [6.45, 7) is 9.73. The Bertz CT molecular complexity index is 2140. The molecule has 0 radical (unpaired) electrons. The lowest BCUT2D eigenvalue weighted by Crippen LogP contribution is -2.53. The molecule has 16 nitrogen and oxygen atoms in total. The zero-order valence-corrected chi connectivity index (χ0v) is 33.8. The Balaban J connectivity index is 1.59. The highest BCUT2D eigenvalue weighted by Gasteiger charge is 2.57. The maximum atomic E-state index is 13.4. The largest absolute Gasteiger partial charge is 0.497 e. The highest BCUT2D eigenvalue weighted by molar-refractivity contribution is 7.44. The number of aliphatic hydroxyl groups is 2. The van der Waals surface area contributed by atoms with Gasteiger partial charge in [-0.25, -0.2) is 4.98 Å². The van der Waals surface area contributed by atoms with Crippen LogP contribution in [0.15, 0.2) is 90.0 Å². The topological polar surface area (TPSA) is 206 Å². The van der Waals surface area contributed by atoms with Crippen LogP contribution < -0.4 is 20.8 Å². The predicted molar refractivity (Wildman–Crippen MR) is 214 cm³/mol. The van der Waals surface area contributed by atoms with Gasteiger partial charge in [-0.1, -0.05) is 54.6 Å². The van der Waals surface area contributed by atoms with Crippen LogP contribution in [0.3, 0.4) is 0 Å². The van der Waals surface area contributed by atoms with Crippen molar-refractivity contribution in [3.63, 3.8) is 0 Å². The molecule has 17 heteroatoms. The number of rotatable bonds is 16. The average Bonchev–Trinajstić information content (AvgIpc) is 3.77. The zero-order chi connectivity index (χ0) is 41.0. The Morgan fingerprint density at radius 2 is 1.54 bits per heavy atom. The van der Waals surface area contributed by atoms with Crippen molar-refractivity contribution < 1.29 is 33.5 Å². The molecule has 0 amide bonds. The maximum Gasteiger partial charge on any atom is 0.315 e. The van der Waals surface area contributed by atoms with Crippen LogP contribution in [0.2, 0.25) is 0 Å². The van der Waals surface area contributed by atoms with E-state index in [2.05, 4.69) is 21.1 Å².